The monoisotopic (exact) mass is 519 g/mol. The molecule has 0 unspecified atom stereocenters. The van der Waals surface area contributed by atoms with Gasteiger partial charge in [-0.2, -0.15) is 18.4 Å². The van der Waals surface area contributed by atoms with Crippen LogP contribution in [0, 0.1) is 23.2 Å². The van der Waals surface area contributed by atoms with Gasteiger partial charge >= 0.3 is 17.8 Å². The van der Waals surface area contributed by atoms with Crippen LogP contribution >= 0.6 is 11.6 Å². The highest BCUT2D eigenvalue weighted by Gasteiger charge is 2.34. The fourth-order valence-corrected chi connectivity index (χ4v) is 5.00. The van der Waals surface area contributed by atoms with Crippen molar-refractivity contribution in [1.82, 2.24) is 9.13 Å². The molecule has 0 aliphatic heterocycles. The van der Waals surface area contributed by atoms with E-state index in [0.717, 1.165) is 10.6 Å². The summed E-state index contributed by atoms with van der Waals surface area (Å²) in [5.74, 6) is -1.45. The lowest BCUT2D eigenvalue weighted by Crippen LogP contribution is -2.42. The van der Waals surface area contributed by atoms with Crippen LogP contribution < -0.4 is 11.2 Å². The summed E-state index contributed by atoms with van der Waals surface area (Å²) in [6.45, 7) is -0.323. The summed E-state index contributed by atoms with van der Waals surface area (Å²) in [6.07, 6.45) is -2.86. The number of nitriles is 1. The summed E-state index contributed by atoms with van der Waals surface area (Å²) < 4.78 is 42.6. The Hall–Kier alpha value is -3.58. The van der Waals surface area contributed by atoms with Crippen molar-refractivity contribution in [1.29, 1.82) is 5.26 Å². The van der Waals surface area contributed by atoms with E-state index in [1.165, 1.54) is 34.9 Å². The fraction of sp³-hybridized carbons (Fsp3) is 0.360. The Morgan fingerprint density at radius 1 is 1.11 bits per heavy atom. The molecule has 0 saturated heterocycles. The van der Waals surface area contributed by atoms with Crippen molar-refractivity contribution >= 4 is 28.5 Å². The molecule has 1 N–H and O–H groups in total. The lowest BCUT2D eigenvalue weighted by Gasteiger charge is -2.26. The van der Waals surface area contributed by atoms with E-state index < -0.39 is 40.4 Å². The number of fused-ring (bicyclic) bond motifs is 1. The van der Waals surface area contributed by atoms with Crippen LogP contribution in [0.3, 0.4) is 0 Å². The van der Waals surface area contributed by atoms with Crippen LogP contribution in [-0.2, 0) is 24.1 Å². The van der Waals surface area contributed by atoms with Crippen molar-refractivity contribution in [3.8, 4) is 6.07 Å². The van der Waals surface area contributed by atoms with E-state index in [1.54, 1.807) is 6.07 Å². The summed E-state index contributed by atoms with van der Waals surface area (Å²) in [7, 11) is 0. The first-order chi connectivity index (χ1) is 17.0. The van der Waals surface area contributed by atoms with E-state index in [-0.39, 0.29) is 40.5 Å². The summed E-state index contributed by atoms with van der Waals surface area (Å²) in [5.41, 5.74) is -2.84. The van der Waals surface area contributed by atoms with Gasteiger partial charge in [-0.3, -0.25) is 18.7 Å². The van der Waals surface area contributed by atoms with Crippen molar-refractivity contribution in [2.24, 2.45) is 11.8 Å². The van der Waals surface area contributed by atoms with Crippen LogP contribution in [0.5, 0.6) is 0 Å². The maximum atomic E-state index is 13.5. The minimum absolute atomic E-state index is 0.0159. The van der Waals surface area contributed by atoms with Gasteiger partial charge in [-0.25, -0.2) is 4.79 Å². The van der Waals surface area contributed by atoms with Gasteiger partial charge in [0.25, 0.3) is 5.56 Å². The largest absolute Gasteiger partial charge is 0.481 e. The lowest BCUT2D eigenvalue weighted by atomic mass is 9.82. The second-order valence-electron chi connectivity index (χ2n) is 8.95. The third-order valence-electron chi connectivity index (χ3n) is 6.72. The number of carboxylic acid groups (broad SMARTS) is 1. The Morgan fingerprint density at radius 3 is 2.42 bits per heavy atom. The summed E-state index contributed by atoms with van der Waals surface area (Å²) in [6, 6.07) is 9.21. The maximum Gasteiger partial charge on any atom is 0.417 e. The molecule has 4 rings (SSSR count). The third-order valence-corrected chi connectivity index (χ3v) is 6.96. The van der Waals surface area contributed by atoms with Crippen molar-refractivity contribution < 1.29 is 23.1 Å². The predicted octanol–water partition coefficient (Wildman–Crippen LogP) is 4.65. The molecule has 36 heavy (non-hydrogen) atoms. The second-order valence-corrected chi connectivity index (χ2v) is 9.39. The molecular formula is C25H21ClF3N3O4. The Balaban J connectivity index is 1.82. The van der Waals surface area contributed by atoms with E-state index in [0.29, 0.717) is 25.7 Å². The SMILES string of the molecule is N#Cc1c(Cn2c(=O)n(CC3CCC(C(=O)O)CC3)c(=O)c3cc(Cl)ccc32)cccc1C(F)(F)F. The van der Waals surface area contributed by atoms with Gasteiger partial charge in [0, 0.05) is 11.6 Å². The molecule has 1 aliphatic rings. The van der Waals surface area contributed by atoms with E-state index in [2.05, 4.69) is 0 Å². The van der Waals surface area contributed by atoms with Crippen LogP contribution in [0.25, 0.3) is 10.9 Å². The first kappa shape index (κ1) is 25.5. The zero-order chi connectivity index (χ0) is 26.2. The standard InChI is InChI=1S/C25H21ClF3N3O4/c26-17-8-9-21-18(10-17)22(33)32(12-14-4-6-15(7-5-14)23(34)35)24(36)31(21)13-16-2-1-3-20(19(16)11-30)25(27,28)29/h1-3,8-10,14-15H,4-7,12-13H2,(H,34,35). The van der Waals surface area contributed by atoms with E-state index >= 15 is 0 Å². The van der Waals surface area contributed by atoms with Gasteiger partial charge in [-0.1, -0.05) is 23.7 Å². The van der Waals surface area contributed by atoms with Crippen LogP contribution in [0.15, 0.2) is 46.0 Å². The molecule has 3 aromatic rings. The van der Waals surface area contributed by atoms with Gasteiger partial charge in [0.1, 0.15) is 6.07 Å². The number of hydrogen-bond acceptors (Lipinski definition) is 4. The Morgan fingerprint density at radius 2 is 1.81 bits per heavy atom. The Labute approximate surface area is 208 Å². The van der Waals surface area contributed by atoms with Crippen LogP contribution in [0.4, 0.5) is 13.2 Å². The third kappa shape index (κ3) is 4.88. The van der Waals surface area contributed by atoms with Crippen molar-refractivity contribution in [3.63, 3.8) is 0 Å². The molecule has 0 spiro atoms. The molecule has 1 aliphatic carbocycles. The maximum absolute atomic E-state index is 13.5. The van der Waals surface area contributed by atoms with Crippen molar-refractivity contribution in [3.05, 3.63) is 78.9 Å². The predicted molar refractivity (Wildman–Crippen MR) is 126 cm³/mol. The number of rotatable bonds is 5. The zero-order valence-electron chi connectivity index (χ0n) is 18.9. The second kappa shape index (κ2) is 9.82. The smallest absolute Gasteiger partial charge is 0.417 e. The molecular weight excluding hydrogens is 499 g/mol. The minimum Gasteiger partial charge on any atom is -0.481 e. The number of carboxylic acids is 1. The molecule has 0 amide bonds. The molecule has 11 heteroatoms. The van der Waals surface area contributed by atoms with Gasteiger partial charge in [0.15, 0.2) is 0 Å². The van der Waals surface area contributed by atoms with Crippen molar-refractivity contribution in [2.45, 2.75) is 44.9 Å². The summed E-state index contributed by atoms with van der Waals surface area (Å²) in [5, 5.41) is 19.1. The first-order valence-corrected chi connectivity index (χ1v) is 11.6. The number of carbonyl (C=O) groups is 1. The van der Waals surface area contributed by atoms with E-state index in [4.69, 9.17) is 11.6 Å². The highest BCUT2D eigenvalue weighted by molar-refractivity contribution is 6.31. The van der Waals surface area contributed by atoms with Crippen LogP contribution in [-0.4, -0.2) is 20.2 Å². The minimum atomic E-state index is -4.75. The fourth-order valence-electron chi connectivity index (χ4n) is 4.83. The average molecular weight is 520 g/mol. The molecule has 0 bridgehead atoms. The van der Waals surface area contributed by atoms with Gasteiger partial charge in [-0.15, -0.1) is 0 Å². The summed E-state index contributed by atoms with van der Waals surface area (Å²) >= 11 is 6.09. The molecule has 2 aromatic carbocycles. The van der Waals surface area contributed by atoms with Crippen LogP contribution in [0.1, 0.15) is 42.4 Å². The van der Waals surface area contributed by atoms with Gasteiger partial charge in [0.05, 0.1) is 34.5 Å². The number of nitrogens with zero attached hydrogens (tertiary/aromatic N) is 3. The number of benzene rings is 2. The first-order valence-electron chi connectivity index (χ1n) is 11.3. The molecule has 1 saturated carbocycles. The molecule has 0 radical (unpaired) electrons. The molecule has 1 heterocycles. The zero-order valence-corrected chi connectivity index (χ0v) is 19.6. The van der Waals surface area contributed by atoms with Crippen molar-refractivity contribution in [2.75, 3.05) is 0 Å². The highest BCUT2D eigenvalue weighted by atomic mass is 35.5. The summed E-state index contributed by atoms with van der Waals surface area (Å²) in [4.78, 5) is 38.0. The molecule has 188 valence electrons. The highest BCUT2D eigenvalue weighted by Crippen LogP contribution is 2.33. The Kier molecular flexibility index (Phi) is 6.96. The number of alkyl halides is 3. The number of hydrogen-bond donors (Lipinski definition) is 1. The number of halogens is 4. The van der Waals surface area contributed by atoms with Gasteiger partial charge in [0.2, 0.25) is 0 Å². The van der Waals surface area contributed by atoms with E-state index in [1.807, 2.05) is 0 Å². The normalized spacial score (nSPS) is 18.2. The molecule has 7 nitrogen and oxygen atoms in total. The molecule has 1 aromatic heterocycles. The average Bonchev–Trinajstić information content (AvgIpc) is 2.84. The quantitative estimate of drug-likeness (QED) is 0.528. The topological polar surface area (TPSA) is 105 Å². The van der Waals surface area contributed by atoms with Gasteiger partial charge < -0.3 is 5.11 Å². The number of aliphatic carboxylic acids is 1. The Bertz CT molecular complexity index is 1500. The number of aromatic nitrogens is 2. The van der Waals surface area contributed by atoms with Crippen LogP contribution in [0.2, 0.25) is 5.02 Å². The van der Waals surface area contributed by atoms with Gasteiger partial charge in [-0.05, 0) is 61.4 Å². The van der Waals surface area contributed by atoms with E-state index in [9.17, 15) is 37.9 Å². The molecule has 1 fully saturated rings. The lowest BCUT2D eigenvalue weighted by molar-refractivity contribution is -0.143. The molecule has 0 atom stereocenters.